The SMILES string of the molecule is Nc1nc2ccccc2c2c1ncn2CCCCCC(=O)NCc1ccccc1[N+](=O)[O-]. The molecule has 0 fully saturated rings. The molecule has 0 radical (unpaired) electrons. The van der Waals surface area contributed by atoms with Gasteiger partial charge < -0.3 is 15.6 Å². The molecule has 0 aliphatic rings. The molecule has 0 aliphatic carbocycles. The third-order valence-corrected chi connectivity index (χ3v) is 5.45. The number of nitro benzene ring substituents is 1. The minimum absolute atomic E-state index is 0.0173. The van der Waals surface area contributed by atoms with Crippen molar-refractivity contribution in [3.05, 3.63) is 70.5 Å². The number of rotatable bonds is 9. The number of nitro groups is 1. The number of aryl methyl sites for hydroxylation is 1. The fraction of sp³-hybridized carbons (Fsp3) is 0.261. The minimum atomic E-state index is -0.436. The summed E-state index contributed by atoms with van der Waals surface area (Å²) >= 11 is 0. The predicted octanol–water partition coefficient (Wildman–Crippen LogP) is 3.95. The summed E-state index contributed by atoms with van der Waals surface area (Å²) in [6, 6.07) is 14.3. The van der Waals surface area contributed by atoms with Crippen molar-refractivity contribution in [1.29, 1.82) is 0 Å². The molecule has 2 aromatic heterocycles. The number of para-hydroxylation sites is 2. The summed E-state index contributed by atoms with van der Waals surface area (Å²) in [5.74, 6) is 0.314. The van der Waals surface area contributed by atoms with Crippen LogP contribution in [0.5, 0.6) is 0 Å². The van der Waals surface area contributed by atoms with Crippen molar-refractivity contribution < 1.29 is 9.72 Å². The number of fused-ring (bicyclic) bond motifs is 3. The topological polar surface area (TPSA) is 129 Å². The molecule has 0 atom stereocenters. The maximum Gasteiger partial charge on any atom is 0.274 e. The van der Waals surface area contributed by atoms with Gasteiger partial charge >= 0.3 is 0 Å². The fourth-order valence-corrected chi connectivity index (χ4v) is 3.84. The van der Waals surface area contributed by atoms with Gasteiger partial charge in [-0.2, -0.15) is 0 Å². The third kappa shape index (κ3) is 4.51. The first-order chi connectivity index (χ1) is 15.5. The lowest BCUT2D eigenvalue weighted by Gasteiger charge is -2.08. The molecule has 0 aliphatic heterocycles. The van der Waals surface area contributed by atoms with Crippen LogP contribution in [0.1, 0.15) is 31.2 Å². The molecule has 3 N–H and O–H groups in total. The van der Waals surface area contributed by atoms with Gasteiger partial charge in [-0.25, -0.2) is 9.97 Å². The zero-order valence-corrected chi connectivity index (χ0v) is 17.5. The van der Waals surface area contributed by atoms with Crippen molar-refractivity contribution in [2.24, 2.45) is 0 Å². The van der Waals surface area contributed by atoms with Gasteiger partial charge in [0.25, 0.3) is 5.69 Å². The van der Waals surface area contributed by atoms with Crippen LogP contribution < -0.4 is 11.1 Å². The van der Waals surface area contributed by atoms with E-state index >= 15 is 0 Å². The van der Waals surface area contributed by atoms with Gasteiger partial charge in [0.15, 0.2) is 5.82 Å². The summed E-state index contributed by atoms with van der Waals surface area (Å²) in [5, 5.41) is 14.8. The van der Waals surface area contributed by atoms with Gasteiger partial charge in [-0.1, -0.05) is 42.8 Å². The highest BCUT2D eigenvalue weighted by molar-refractivity contribution is 6.06. The summed E-state index contributed by atoms with van der Waals surface area (Å²) < 4.78 is 2.09. The number of aromatic nitrogens is 3. The first-order valence-electron chi connectivity index (χ1n) is 10.5. The maximum absolute atomic E-state index is 12.1. The predicted molar refractivity (Wildman–Crippen MR) is 123 cm³/mol. The van der Waals surface area contributed by atoms with E-state index in [1.807, 2.05) is 24.3 Å². The number of anilines is 1. The second-order valence-corrected chi connectivity index (χ2v) is 7.62. The Kier molecular flexibility index (Phi) is 6.25. The summed E-state index contributed by atoms with van der Waals surface area (Å²) in [4.78, 5) is 31.6. The lowest BCUT2D eigenvalue weighted by atomic mass is 10.1. The van der Waals surface area contributed by atoms with E-state index in [0.29, 0.717) is 23.3 Å². The zero-order valence-electron chi connectivity index (χ0n) is 17.5. The quantitative estimate of drug-likeness (QED) is 0.234. The molecule has 0 saturated heterocycles. The number of nitrogen functional groups attached to an aromatic ring is 1. The molecule has 2 heterocycles. The lowest BCUT2D eigenvalue weighted by Crippen LogP contribution is -2.22. The monoisotopic (exact) mass is 432 g/mol. The normalized spacial score (nSPS) is 11.1. The van der Waals surface area contributed by atoms with E-state index < -0.39 is 4.92 Å². The van der Waals surface area contributed by atoms with Gasteiger partial charge in [-0.05, 0) is 18.9 Å². The number of benzene rings is 2. The fourth-order valence-electron chi connectivity index (χ4n) is 3.84. The van der Waals surface area contributed by atoms with Gasteiger partial charge in [0, 0.05) is 36.5 Å². The van der Waals surface area contributed by atoms with Crippen LogP contribution in [0, 0.1) is 10.1 Å². The van der Waals surface area contributed by atoms with Crippen molar-refractivity contribution in [2.45, 2.75) is 38.8 Å². The number of nitrogens with zero attached hydrogens (tertiary/aromatic N) is 4. The lowest BCUT2D eigenvalue weighted by molar-refractivity contribution is -0.385. The number of carbonyl (C=O) groups excluding carboxylic acids is 1. The zero-order chi connectivity index (χ0) is 22.5. The number of hydrogen-bond donors (Lipinski definition) is 2. The van der Waals surface area contributed by atoms with Crippen LogP contribution in [-0.2, 0) is 17.9 Å². The molecule has 9 heteroatoms. The van der Waals surface area contributed by atoms with E-state index in [1.54, 1.807) is 24.5 Å². The number of nitrogens with two attached hydrogens (primary N) is 1. The maximum atomic E-state index is 12.1. The molecule has 4 rings (SSSR count). The van der Waals surface area contributed by atoms with Crippen LogP contribution in [0.4, 0.5) is 11.5 Å². The van der Waals surface area contributed by atoms with Gasteiger partial charge in [-0.3, -0.25) is 14.9 Å². The minimum Gasteiger partial charge on any atom is -0.382 e. The van der Waals surface area contributed by atoms with Gasteiger partial charge in [0.2, 0.25) is 5.91 Å². The molecule has 32 heavy (non-hydrogen) atoms. The van der Waals surface area contributed by atoms with E-state index in [0.717, 1.165) is 42.2 Å². The number of hydrogen-bond acceptors (Lipinski definition) is 6. The van der Waals surface area contributed by atoms with Crippen molar-refractivity contribution in [3.63, 3.8) is 0 Å². The molecule has 0 saturated carbocycles. The highest BCUT2D eigenvalue weighted by Crippen LogP contribution is 2.27. The standard InChI is InChI=1S/C23H24N6O3/c24-23-21-22(17-9-4-5-10-18(17)27-23)28(15-26-21)13-7-1-2-12-20(30)25-14-16-8-3-6-11-19(16)29(31)32/h3-6,8-11,15H,1-2,7,12-14H2,(H2,24,27)(H,25,30). The van der Waals surface area contributed by atoms with Crippen LogP contribution in [0.25, 0.3) is 21.9 Å². The second kappa shape index (κ2) is 9.42. The highest BCUT2D eigenvalue weighted by atomic mass is 16.6. The number of unbranched alkanes of at least 4 members (excludes halogenated alkanes) is 2. The van der Waals surface area contributed by atoms with Gasteiger partial charge in [0.1, 0.15) is 5.52 Å². The van der Waals surface area contributed by atoms with Gasteiger partial charge in [0.05, 0.1) is 22.3 Å². The largest absolute Gasteiger partial charge is 0.382 e. The van der Waals surface area contributed by atoms with E-state index in [4.69, 9.17) is 5.73 Å². The van der Waals surface area contributed by atoms with E-state index in [9.17, 15) is 14.9 Å². The Morgan fingerprint density at radius 3 is 2.72 bits per heavy atom. The molecule has 9 nitrogen and oxygen atoms in total. The van der Waals surface area contributed by atoms with Gasteiger partial charge in [-0.15, -0.1) is 0 Å². The van der Waals surface area contributed by atoms with Crippen LogP contribution in [0.2, 0.25) is 0 Å². The molecule has 164 valence electrons. The van der Waals surface area contributed by atoms with Crippen LogP contribution >= 0.6 is 0 Å². The molecule has 0 bridgehead atoms. The molecule has 4 aromatic rings. The number of carbonyl (C=O) groups is 1. The molecule has 2 aromatic carbocycles. The second-order valence-electron chi connectivity index (χ2n) is 7.62. The molecule has 1 amide bonds. The summed E-state index contributed by atoms with van der Waals surface area (Å²) in [6.45, 7) is 0.918. The van der Waals surface area contributed by atoms with Crippen molar-refractivity contribution >= 4 is 39.3 Å². The first-order valence-corrected chi connectivity index (χ1v) is 10.5. The number of nitrogens with one attached hydrogen (secondary N) is 1. The molecule has 0 spiro atoms. The van der Waals surface area contributed by atoms with Crippen molar-refractivity contribution in [2.75, 3.05) is 5.73 Å². The Morgan fingerprint density at radius 1 is 1.09 bits per heavy atom. The molecule has 0 unspecified atom stereocenters. The first kappa shape index (κ1) is 21.2. The van der Waals surface area contributed by atoms with Crippen LogP contribution in [0.15, 0.2) is 54.9 Å². The average molecular weight is 432 g/mol. The Hall–Kier alpha value is -4.01. The summed E-state index contributed by atoms with van der Waals surface area (Å²) in [5.41, 5.74) is 9.12. The van der Waals surface area contributed by atoms with Crippen molar-refractivity contribution in [3.8, 4) is 0 Å². The Bertz CT molecular complexity index is 1280. The molecular formula is C23H24N6O3. The number of imidazole rings is 1. The van der Waals surface area contributed by atoms with Crippen LogP contribution in [0.3, 0.4) is 0 Å². The number of pyridine rings is 1. The van der Waals surface area contributed by atoms with E-state index in [-0.39, 0.29) is 18.1 Å². The third-order valence-electron chi connectivity index (χ3n) is 5.45. The average Bonchev–Trinajstić information content (AvgIpc) is 3.22. The van der Waals surface area contributed by atoms with E-state index in [2.05, 4.69) is 19.9 Å². The molecular weight excluding hydrogens is 408 g/mol. The van der Waals surface area contributed by atoms with Crippen LogP contribution in [-0.4, -0.2) is 25.4 Å². The Morgan fingerprint density at radius 2 is 1.88 bits per heavy atom. The highest BCUT2D eigenvalue weighted by Gasteiger charge is 2.13. The number of amides is 1. The van der Waals surface area contributed by atoms with E-state index in [1.165, 1.54) is 6.07 Å². The summed E-state index contributed by atoms with van der Waals surface area (Å²) in [7, 11) is 0. The van der Waals surface area contributed by atoms with Crippen molar-refractivity contribution in [1.82, 2.24) is 19.9 Å². The summed E-state index contributed by atoms with van der Waals surface area (Å²) in [6.07, 6.45) is 4.66. The Labute approximate surface area is 184 Å². The smallest absolute Gasteiger partial charge is 0.274 e. The Balaban J connectivity index is 1.28.